The lowest BCUT2D eigenvalue weighted by molar-refractivity contribution is 0.0974. The minimum atomic E-state index is -0.787. The minimum absolute atomic E-state index is 0.168. The van der Waals surface area contributed by atoms with Crippen LogP contribution in [0.15, 0.2) is 118 Å². The lowest BCUT2D eigenvalue weighted by Gasteiger charge is -2.22. The molecule has 194 valence electrons. The Morgan fingerprint density at radius 1 is 0.744 bits per heavy atom. The first kappa shape index (κ1) is 26.0. The minimum Gasteiger partial charge on any atom is -0.497 e. The molecule has 0 saturated carbocycles. The van der Waals surface area contributed by atoms with Gasteiger partial charge in [0.25, 0.3) is 0 Å². The van der Waals surface area contributed by atoms with Crippen LogP contribution in [0, 0.1) is 0 Å². The zero-order valence-electron chi connectivity index (χ0n) is 21.4. The van der Waals surface area contributed by atoms with Crippen LogP contribution in [0.25, 0.3) is 22.5 Å². The highest BCUT2D eigenvalue weighted by atomic mass is 35.5. The molecule has 0 aliphatic heterocycles. The predicted octanol–water partition coefficient (Wildman–Crippen LogP) is 7.66. The quantitative estimate of drug-likeness (QED) is 0.190. The Balaban J connectivity index is 1.81. The smallest absolute Gasteiger partial charge is 0.336 e. The Labute approximate surface area is 231 Å². The number of hydrogen-bond acceptors (Lipinski definition) is 5. The summed E-state index contributed by atoms with van der Waals surface area (Å²) in [5, 5.41) is 0.531. The summed E-state index contributed by atoms with van der Waals surface area (Å²) in [5.74, 6) is 0.753. The van der Waals surface area contributed by atoms with Gasteiger partial charge in [-0.2, -0.15) is 0 Å². The van der Waals surface area contributed by atoms with Gasteiger partial charge in [0.1, 0.15) is 17.3 Å². The van der Waals surface area contributed by atoms with Gasteiger partial charge in [0, 0.05) is 27.8 Å². The van der Waals surface area contributed by atoms with Crippen LogP contribution in [0.3, 0.4) is 0 Å². The number of rotatable bonds is 8. The second kappa shape index (κ2) is 11.4. The fourth-order valence-corrected chi connectivity index (χ4v) is 4.76. The molecule has 5 aromatic rings. The molecule has 6 heteroatoms. The summed E-state index contributed by atoms with van der Waals surface area (Å²) in [7, 11) is 3.19. The molecule has 0 N–H and O–H groups in total. The van der Waals surface area contributed by atoms with Crippen molar-refractivity contribution in [2.45, 2.75) is 5.92 Å². The van der Waals surface area contributed by atoms with Crippen LogP contribution in [-0.2, 0) is 0 Å². The van der Waals surface area contributed by atoms with Gasteiger partial charge in [0.2, 0.25) is 0 Å². The largest absolute Gasteiger partial charge is 0.497 e. The molecule has 1 unspecified atom stereocenters. The summed E-state index contributed by atoms with van der Waals surface area (Å²) < 4.78 is 16.5. The molecule has 0 amide bonds. The summed E-state index contributed by atoms with van der Waals surface area (Å²) in [6.07, 6.45) is 0. The standard InChI is InChI=1S/C33H25ClO5/c1-37-26-16-10-22(11-17-26)31-28(20-29(35)39-33(31)24-12-18-27(38-2)19-13-24)30(21-6-4-3-5-7-21)32(36)23-8-14-25(34)15-9-23/h3-20,30H,1-2H3. The molecule has 0 radical (unpaired) electrons. The van der Waals surface area contributed by atoms with E-state index in [2.05, 4.69) is 0 Å². The predicted molar refractivity (Wildman–Crippen MR) is 153 cm³/mol. The highest BCUT2D eigenvalue weighted by Gasteiger charge is 2.30. The summed E-state index contributed by atoms with van der Waals surface area (Å²) in [6.45, 7) is 0. The average Bonchev–Trinajstić information content (AvgIpc) is 2.98. The van der Waals surface area contributed by atoms with Crippen molar-refractivity contribution >= 4 is 17.4 Å². The van der Waals surface area contributed by atoms with Gasteiger partial charge in [-0.05, 0) is 77.4 Å². The van der Waals surface area contributed by atoms with Crippen LogP contribution in [-0.4, -0.2) is 20.0 Å². The van der Waals surface area contributed by atoms with Crippen molar-refractivity contribution in [2.75, 3.05) is 14.2 Å². The Morgan fingerprint density at radius 2 is 1.31 bits per heavy atom. The Kier molecular flexibility index (Phi) is 7.62. The monoisotopic (exact) mass is 536 g/mol. The fraction of sp³-hybridized carbons (Fsp3) is 0.0909. The lowest BCUT2D eigenvalue weighted by Crippen LogP contribution is -2.18. The lowest BCUT2D eigenvalue weighted by atomic mass is 9.80. The maximum Gasteiger partial charge on any atom is 0.336 e. The molecule has 0 aliphatic carbocycles. The first-order valence-corrected chi connectivity index (χ1v) is 12.7. The molecule has 4 aromatic carbocycles. The normalized spacial score (nSPS) is 11.6. The van der Waals surface area contributed by atoms with Gasteiger partial charge in [-0.1, -0.05) is 54.1 Å². The summed E-state index contributed by atoms with van der Waals surface area (Å²) in [5.41, 5.74) is 3.29. The number of ether oxygens (including phenoxy) is 2. The summed E-state index contributed by atoms with van der Waals surface area (Å²) in [4.78, 5) is 27.3. The van der Waals surface area contributed by atoms with E-state index in [1.165, 1.54) is 6.07 Å². The van der Waals surface area contributed by atoms with Crippen LogP contribution >= 0.6 is 11.6 Å². The molecular formula is C33H25ClO5. The molecule has 5 rings (SSSR count). The van der Waals surface area contributed by atoms with Crippen LogP contribution in [0.4, 0.5) is 0 Å². The summed E-state index contributed by atoms with van der Waals surface area (Å²) in [6, 6.07) is 32.3. The third-order valence-electron chi connectivity index (χ3n) is 6.56. The molecule has 0 saturated heterocycles. The molecular weight excluding hydrogens is 512 g/mol. The highest BCUT2D eigenvalue weighted by molar-refractivity contribution is 6.30. The van der Waals surface area contributed by atoms with E-state index in [0.717, 1.165) is 11.1 Å². The van der Waals surface area contributed by atoms with Crippen LogP contribution < -0.4 is 15.1 Å². The van der Waals surface area contributed by atoms with Crippen molar-refractivity contribution in [1.29, 1.82) is 0 Å². The van der Waals surface area contributed by atoms with Gasteiger partial charge in [-0.15, -0.1) is 0 Å². The van der Waals surface area contributed by atoms with Gasteiger partial charge >= 0.3 is 5.63 Å². The number of halogens is 1. The first-order valence-electron chi connectivity index (χ1n) is 12.3. The third kappa shape index (κ3) is 5.49. The van der Waals surface area contributed by atoms with Gasteiger partial charge in [-0.25, -0.2) is 4.79 Å². The molecule has 0 bridgehead atoms. The number of benzene rings is 4. The molecule has 1 aromatic heterocycles. The molecule has 39 heavy (non-hydrogen) atoms. The van der Waals surface area contributed by atoms with Crippen LogP contribution in [0.2, 0.25) is 5.02 Å². The number of ketones is 1. The number of hydrogen-bond donors (Lipinski definition) is 0. The van der Waals surface area contributed by atoms with E-state index in [1.54, 1.807) is 50.6 Å². The number of Topliss-reactive ketones (excluding diaryl/α,β-unsaturated/α-hetero) is 1. The number of methoxy groups -OCH3 is 2. The second-order valence-electron chi connectivity index (χ2n) is 8.90. The van der Waals surface area contributed by atoms with Crippen LogP contribution in [0.1, 0.15) is 27.4 Å². The number of carbonyl (C=O) groups excluding carboxylic acids is 1. The van der Waals surface area contributed by atoms with E-state index in [0.29, 0.717) is 44.5 Å². The maximum absolute atomic E-state index is 14.2. The Hall–Kier alpha value is -4.61. The fourth-order valence-electron chi connectivity index (χ4n) is 4.64. The molecule has 0 spiro atoms. The van der Waals surface area contributed by atoms with Gasteiger partial charge in [0.05, 0.1) is 20.1 Å². The zero-order valence-corrected chi connectivity index (χ0v) is 22.1. The first-order chi connectivity index (χ1) is 19.0. The van der Waals surface area contributed by atoms with Crippen molar-refractivity contribution in [3.8, 4) is 33.9 Å². The third-order valence-corrected chi connectivity index (χ3v) is 6.81. The average molecular weight is 537 g/mol. The van der Waals surface area contributed by atoms with Crippen molar-refractivity contribution in [3.63, 3.8) is 0 Å². The summed E-state index contributed by atoms with van der Waals surface area (Å²) >= 11 is 6.11. The zero-order chi connectivity index (χ0) is 27.4. The van der Waals surface area contributed by atoms with E-state index in [9.17, 15) is 9.59 Å². The highest BCUT2D eigenvalue weighted by Crippen LogP contribution is 2.41. The van der Waals surface area contributed by atoms with E-state index in [4.69, 9.17) is 25.5 Å². The van der Waals surface area contributed by atoms with E-state index >= 15 is 0 Å². The topological polar surface area (TPSA) is 65.7 Å². The number of carbonyl (C=O) groups is 1. The van der Waals surface area contributed by atoms with Crippen molar-refractivity contribution in [2.24, 2.45) is 0 Å². The molecule has 1 atom stereocenters. The molecule has 1 heterocycles. The Morgan fingerprint density at radius 3 is 1.87 bits per heavy atom. The van der Waals surface area contributed by atoms with E-state index in [1.807, 2.05) is 66.7 Å². The van der Waals surface area contributed by atoms with Gasteiger partial charge in [0.15, 0.2) is 5.78 Å². The van der Waals surface area contributed by atoms with E-state index in [-0.39, 0.29) is 5.78 Å². The van der Waals surface area contributed by atoms with Crippen molar-refractivity contribution in [1.82, 2.24) is 0 Å². The Bertz CT molecular complexity index is 1640. The molecule has 5 nitrogen and oxygen atoms in total. The maximum atomic E-state index is 14.2. The van der Waals surface area contributed by atoms with Crippen molar-refractivity contribution < 1.29 is 18.7 Å². The van der Waals surface area contributed by atoms with Crippen LogP contribution in [0.5, 0.6) is 11.5 Å². The van der Waals surface area contributed by atoms with E-state index < -0.39 is 11.5 Å². The SMILES string of the molecule is COc1ccc(-c2oc(=O)cc(C(C(=O)c3ccc(Cl)cc3)c3ccccc3)c2-c2ccc(OC)cc2)cc1. The second-order valence-corrected chi connectivity index (χ2v) is 9.33. The molecule has 0 aliphatic rings. The van der Waals surface area contributed by atoms with Gasteiger partial charge < -0.3 is 13.9 Å². The molecule has 0 fully saturated rings. The van der Waals surface area contributed by atoms with Crippen molar-refractivity contribution in [3.05, 3.63) is 141 Å². The van der Waals surface area contributed by atoms with Gasteiger partial charge in [-0.3, -0.25) is 4.79 Å².